The number of nitrogens with zero attached hydrogens (tertiary/aromatic N) is 1. The normalized spacial score (nSPS) is 18.9. The minimum Gasteiger partial charge on any atom is -0.497 e. The zero-order chi connectivity index (χ0) is 24.7. The Morgan fingerprint density at radius 3 is 2.40 bits per heavy atom. The highest BCUT2D eigenvalue weighted by molar-refractivity contribution is 6.01. The van der Waals surface area contributed by atoms with Crippen LogP contribution in [0.2, 0.25) is 0 Å². The number of hydrogen-bond donors (Lipinski definition) is 1. The molecule has 1 aliphatic carbocycles. The SMILES string of the molecule is COc1ccc(C2C3=C(CC(c4ccc(OC)c(OC)c4)CC3=O)Nc3onc(C)c32)c(OC)c1. The molecule has 0 amide bonds. The van der Waals surface area contributed by atoms with Gasteiger partial charge in [0.2, 0.25) is 5.88 Å². The van der Waals surface area contributed by atoms with Crippen LogP contribution in [-0.4, -0.2) is 39.4 Å². The average molecular weight is 477 g/mol. The first-order valence-electron chi connectivity index (χ1n) is 11.4. The van der Waals surface area contributed by atoms with Crippen molar-refractivity contribution >= 4 is 11.7 Å². The van der Waals surface area contributed by atoms with E-state index in [0.29, 0.717) is 41.7 Å². The summed E-state index contributed by atoms with van der Waals surface area (Å²) in [6.45, 7) is 1.89. The molecule has 1 N–H and O–H groups in total. The molecule has 8 nitrogen and oxygen atoms in total. The molecule has 0 bridgehead atoms. The number of allylic oxidation sites excluding steroid dienone is 2. The fourth-order valence-electron chi connectivity index (χ4n) is 5.18. The van der Waals surface area contributed by atoms with E-state index in [0.717, 1.165) is 33.7 Å². The molecular weight excluding hydrogens is 448 g/mol. The molecule has 5 rings (SSSR count). The lowest BCUT2D eigenvalue weighted by atomic mass is 9.72. The number of benzene rings is 2. The van der Waals surface area contributed by atoms with Gasteiger partial charge in [-0.3, -0.25) is 4.79 Å². The molecule has 2 aliphatic rings. The number of rotatable bonds is 6. The fourth-order valence-corrected chi connectivity index (χ4v) is 5.18. The van der Waals surface area contributed by atoms with Gasteiger partial charge < -0.3 is 28.8 Å². The van der Waals surface area contributed by atoms with E-state index in [9.17, 15) is 4.79 Å². The van der Waals surface area contributed by atoms with Crippen molar-refractivity contribution in [1.29, 1.82) is 0 Å². The molecule has 1 aliphatic heterocycles. The Balaban J connectivity index is 1.61. The standard InChI is InChI=1S/C27H28N2O6/c1-14-24-25(18-8-7-17(31-2)13-22(18)33-4)26-19(28-27(24)35-29-14)10-16(11-20(26)30)15-6-9-21(32-3)23(12-15)34-5/h6-9,12-13,16,25,28H,10-11H2,1-5H3. The Kier molecular flexibility index (Phi) is 5.88. The Morgan fingerprint density at radius 1 is 0.914 bits per heavy atom. The number of hydrogen-bond acceptors (Lipinski definition) is 8. The summed E-state index contributed by atoms with van der Waals surface area (Å²) in [7, 11) is 6.44. The minimum absolute atomic E-state index is 0.0162. The highest BCUT2D eigenvalue weighted by Crippen LogP contribution is 2.51. The van der Waals surface area contributed by atoms with Gasteiger partial charge in [-0.25, -0.2) is 0 Å². The van der Waals surface area contributed by atoms with Gasteiger partial charge in [0.05, 0.1) is 45.6 Å². The molecule has 182 valence electrons. The van der Waals surface area contributed by atoms with Crippen LogP contribution in [-0.2, 0) is 4.79 Å². The van der Waals surface area contributed by atoms with Crippen molar-refractivity contribution in [2.75, 3.05) is 33.8 Å². The maximum atomic E-state index is 13.8. The first-order valence-corrected chi connectivity index (χ1v) is 11.4. The topological polar surface area (TPSA) is 92.1 Å². The highest BCUT2D eigenvalue weighted by Gasteiger charge is 2.42. The molecule has 2 aromatic carbocycles. The number of aryl methyl sites for hydroxylation is 1. The third kappa shape index (κ3) is 3.79. The van der Waals surface area contributed by atoms with Gasteiger partial charge in [-0.15, -0.1) is 0 Å². The summed E-state index contributed by atoms with van der Waals surface area (Å²) < 4.78 is 27.6. The number of nitrogens with one attached hydrogen (secondary N) is 1. The predicted octanol–water partition coefficient (Wildman–Crippen LogP) is 4.98. The van der Waals surface area contributed by atoms with Crippen molar-refractivity contribution in [3.63, 3.8) is 0 Å². The molecule has 0 radical (unpaired) electrons. The molecule has 0 saturated heterocycles. The summed E-state index contributed by atoms with van der Waals surface area (Å²) in [5.41, 5.74) is 5.04. The summed E-state index contributed by atoms with van der Waals surface area (Å²) in [6, 6.07) is 11.5. The average Bonchev–Trinajstić information content (AvgIpc) is 3.26. The summed E-state index contributed by atoms with van der Waals surface area (Å²) in [5, 5.41) is 7.56. The molecule has 2 heterocycles. The van der Waals surface area contributed by atoms with Crippen molar-refractivity contribution in [2.24, 2.45) is 0 Å². The summed E-state index contributed by atoms with van der Waals surface area (Å²) in [4.78, 5) is 13.8. The summed E-state index contributed by atoms with van der Waals surface area (Å²) in [6.07, 6.45) is 1.02. The number of anilines is 1. The molecule has 8 heteroatoms. The number of carbonyl (C=O) groups excluding carboxylic acids is 1. The first kappa shape index (κ1) is 22.8. The molecule has 35 heavy (non-hydrogen) atoms. The Hall–Kier alpha value is -3.94. The zero-order valence-corrected chi connectivity index (χ0v) is 20.4. The van der Waals surface area contributed by atoms with E-state index in [1.165, 1.54) is 0 Å². The number of ether oxygens (including phenoxy) is 4. The van der Waals surface area contributed by atoms with Gasteiger partial charge in [0.15, 0.2) is 17.3 Å². The molecular formula is C27H28N2O6. The van der Waals surface area contributed by atoms with Crippen LogP contribution >= 0.6 is 0 Å². The Labute approximate surface area is 203 Å². The highest BCUT2D eigenvalue weighted by atomic mass is 16.5. The molecule has 2 atom stereocenters. The van der Waals surface area contributed by atoms with Gasteiger partial charge in [0.25, 0.3) is 0 Å². The van der Waals surface area contributed by atoms with Crippen LogP contribution in [0.4, 0.5) is 5.88 Å². The van der Waals surface area contributed by atoms with E-state index in [-0.39, 0.29) is 17.6 Å². The van der Waals surface area contributed by atoms with E-state index >= 15 is 0 Å². The number of aromatic nitrogens is 1. The van der Waals surface area contributed by atoms with Gasteiger partial charge in [-0.05, 0) is 43.0 Å². The lowest BCUT2D eigenvalue weighted by Gasteiger charge is -2.35. The summed E-state index contributed by atoms with van der Waals surface area (Å²) in [5.74, 6) is 2.89. The van der Waals surface area contributed by atoms with E-state index in [2.05, 4.69) is 10.5 Å². The number of carbonyl (C=O) groups is 1. The second-order valence-electron chi connectivity index (χ2n) is 8.71. The molecule has 0 fully saturated rings. The van der Waals surface area contributed by atoms with Crippen molar-refractivity contribution in [3.05, 3.63) is 70.1 Å². The second-order valence-corrected chi connectivity index (χ2v) is 8.71. The third-order valence-electron chi connectivity index (χ3n) is 6.89. The number of methoxy groups -OCH3 is 4. The van der Waals surface area contributed by atoms with Gasteiger partial charge >= 0.3 is 0 Å². The summed E-state index contributed by atoms with van der Waals surface area (Å²) >= 11 is 0. The Morgan fingerprint density at radius 2 is 1.69 bits per heavy atom. The lowest BCUT2D eigenvalue weighted by Crippen LogP contribution is -2.29. The second kappa shape index (κ2) is 9.02. The monoisotopic (exact) mass is 476 g/mol. The third-order valence-corrected chi connectivity index (χ3v) is 6.89. The van der Waals surface area contributed by atoms with Crippen molar-refractivity contribution in [1.82, 2.24) is 5.16 Å². The first-order chi connectivity index (χ1) is 17.0. The lowest BCUT2D eigenvalue weighted by molar-refractivity contribution is -0.116. The van der Waals surface area contributed by atoms with E-state index in [4.69, 9.17) is 23.5 Å². The fraction of sp³-hybridized carbons (Fsp3) is 0.333. The van der Waals surface area contributed by atoms with Crippen LogP contribution in [0.3, 0.4) is 0 Å². The van der Waals surface area contributed by atoms with Crippen molar-refractivity contribution in [3.8, 4) is 23.0 Å². The molecule has 0 saturated carbocycles. The van der Waals surface area contributed by atoms with Crippen molar-refractivity contribution in [2.45, 2.75) is 31.6 Å². The van der Waals surface area contributed by atoms with Crippen LogP contribution in [0, 0.1) is 6.92 Å². The molecule has 0 spiro atoms. The largest absolute Gasteiger partial charge is 0.497 e. The van der Waals surface area contributed by atoms with Crippen LogP contribution in [0.1, 0.15) is 47.1 Å². The van der Waals surface area contributed by atoms with Gasteiger partial charge in [-0.2, -0.15) is 0 Å². The maximum absolute atomic E-state index is 13.8. The smallest absolute Gasteiger partial charge is 0.233 e. The van der Waals surface area contributed by atoms with Gasteiger partial charge in [0, 0.05) is 29.3 Å². The van der Waals surface area contributed by atoms with Crippen LogP contribution in [0.25, 0.3) is 0 Å². The van der Waals surface area contributed by atoms with E-state index in [1.807, 2.05) is 43.3 Å². The molecule has 2 unspecified atom stereocenters. The molecule has 3 aromatic rings. The van der Waals surface area contributed by atoms with Crippen molar-refractivity contribution < 1.29 is 28.3 Å². The Bertz CT molecular complexity index is 1330. The van der Waals surface area contributed by atoms with E-state index < -0.39 is 0 Å². The molecule has 1 aromatic heterocycles. The van der Waals surface area contributed by atoms with E-state index in [1.54, 1.807) is 28.4 Å². The predicted molar refractivity (Wildman–Crippen MR) is 130 cm³/mol. The van der Waals surface area contributed by atoms with Crippen LogP contribution in [0.15, 0.2) is 52.2 Å². The maximum Gasteiger partial charge on any atom is 0.233 e. The number of ketones is 1. The van der Waals surface area contributed by atoms with Gasteiger partial charge in [-0.1, -0.05) is 17.3 Å². The quantitative estimate of drug-likeness (QED) is 0.533. The zero-order valence-electron chi connectivity index (χ0n) is 20.4. The minimum atomic E-state index is -0.354. The number of Topliss-reactive ketones (excluding diaryl/α,β-unsaturated/α-hetero) is 1. The number of fused-ring (bicyclic) bond motifs is 1. The van der Waals surface area contributed by atoms with Gasteiger partial charge in [0.1, 0.15) is 11.5 Å². The van der Waals surface area contributed by atoms with Crippen LogP contribution < -0.4 is 24.3 Å². The van der Waals surface area contributed by atoms with Crippen LogP contribution in [0.5, 0.6) is 23.0 Å².